The molecule has 0 heterocycles. The fourth-order valence-electron chi connectivity index (χ4n) is 7.00. The van der Waals surface area contributed by atoms with E-state index in [1.807, 2.05) is 0 Å². The third-order valence-electron chi connectivity index (χ3n) is 10.9. The molecule has 356 valence electrons. The summed E-state index contributed by atoms with van der Waals surface area (Å²) in [5.41, 5.74) is 0. The minimum atomic E-state index is -0.559. The van der Waals surface area contributed by atoms with Crippen molar-refractivity contribution >= 4 is 11.9 Å². The van der Waals surface area contributed by atoms with Gasteiger partial charge in [0.25, 0.3) is 0 Å². The van der Waals surface area contributed by atoms with Crippen LogP contribution in [0.15, 0.2) is 85.1 Å². The molecule has 0 saturated carbocycles. The maximum atomic E-state index is 12.8. The lowest BCUT2D eigenvalue weighted by Crippen LogP contribution is -2.30. The predicted octanol–water partition coefficient (Wildman–Crippen LogP) is 17.7. The lowest BCUT2D eigenvalue weighted by molar-refractivity contribution is -0.163. The summed E-state index contributed by atoms with van der Waals surface area (Å²) < 4.78 is 17.4. The number of hydrogen-bond donors (Lipinski definition) is 0. The first-order chi connectivity index (χ1) is 30.6. The topological polar surface area (TPSA) is 61.8 Å². The maximum absolute atomic E-state index is 12.8. The van der Waals surface area contributed by atoms with Crippen molar-refractivity contribution < 1.29 is 23.8 Å². The molecule has 0 saturated heterocycles. The normalized spacial score (nSPS) is 12.9. The standard InChI is InChI=1S/C57H98O5/c1-4-7-10-13-16-19-22-25-28-29-31-32-35-38-41-44-47-50-56(58)61-54-55(53-60-52-49-46-43-40-37-34-27-24-21-18-15-12-9-6-3)62-57(59)51-48-45-42-39-36-33-30-26-23-20-17-14-11-8-5-2/h7,10,12,15-16,19,21,24-26,28,30-32,55H,4-6,8-9,11,13-14,17-18,20,22-23,27,29,33-54H2,1-3H3/b10-7-,15-12-,19-16-,24-21-,28-25-,30-26-,32-31-. The summed E-state index contributed by atoms with van der Waals surface area (Å²) >= 11 is 0. The van der Waals surface area contributed by atoms with E-state index in [1.165, 1.54) is 103 Å². The molecule has 0 amide bonds. The van der Waals surface area contributed by atoms with Gasteiger partial charge in [0.1, 0.15) is 6.61 Å². The lowest BCUT2D eigenvalue weighted by atomic mass is 10.1. The van der Waals surface area contributed by atoms with Crippen LogP contribution >= 0.6 is 0 Å². The van der Waals surface area contributed by atoms with Gasteiger partial charge in [0.05, 0.1) is 6.61 Å². The second kappa shape index (κ2) is 52.4. The molecular weight excluding hydrogens is 765 g/mol. The van der Waals surface area contributed by atoms with E-state index in [9.17, 15) is 9.59 Å². The number of hydrogen-bond acceptors (Lipinski definition) is 5. The molecule has 0 bridgehead atoms. The number of carbonyl (C=O) groups is 2. The molecule has 5 heteroatoms. The molecule has 5 nitrogen and oxygen atoms in total. The molecule has 0 fully saturated rings. The molecule has 0 aromatic heterocycles. The van der Waals surface area contributed by atoms with Gasteiger partial charge in [0, 0.05) is 19.4 Å². The second-order valence-electron chi connectivity index (χ2n) is 17.0. The lowest BCUT2D eigenvalue weighted by Gasteiger charge is -2.18. The molecule has 1 atom stereocenters. The zero-order chi connectivity index (χ0) is 44.9. The Morgan fingerprint density at radius 2 is 0.758 bits per heavy atom. The summed E-state index contributed by atoms with van der Waals surface area (Å²) in [6.07, 6.45) is 68.7. The van der Waals surface area contributed by atoms with Gasteiger partial charge in [0.2, 0.25) is 0 Å². The summed E-state index contributed by atoms with van der Waals surface area (Å²) in [6, 6.07) is 0. The maximum Gasteiger partial charge on any atom is 0.306 e. The summed E-state index contributed by atoms with van der Waals surface area (Å²) in [7, 11) is 0. The van der Waals surface area contributed by atoms with Gasteiger partial charge in [-0.15, -0.1) is 0 Å². The van der Waals surface area contributed by atoms with Gasteiger partial charge in [-0.05, 0) is 109 Å². The molecule has 0 aromatic rings. The van der Waals surface area contributed by atoms with Crippen LogP contribution in [-0.4, -0.2) is 37.9 Å². The third-order valence-corrected chi connectivity index (χ3v) is 10.9. The van der Waals surface area contributed by atoms with Crippen molar-refractivity contribution in [1.82, 2.24) is 0 Å². The molecule has 0 radical (unpaired) electrons. The highest BCUT2D eigenvalue weighted by atomic mass is 16.6. The molecule has 62 heavy (non-hydrogen) atoms. The van der Waals surface area contributed by atoms with Crippen LogP contribution in [0.4, 0.5) is 0 Å². The molecule has 0 aromatic carbocycles. The number of allylic oxidation sites excluding steroid dienone is 14. The van der Waals surface area contributed by atoms with Crippen molar-refractivity contribution in [2.45, 2.75) is 245 Å². The molecule has 0 aliphatic heterocycles. The average Bonchev–Trinajstić information content (AvgIpc) is 3.27. The molecular formula is C57H98O5. The molecule has 0 aliphatic rings. The van der Waals surface area contributed by atoms with Crippen LogP contribution in [0, 0.1) is 0 Å². The highest BCUT2D eigenvalue weighted by molar-refractivity contribution is 5.70. The Morgan fingerprint density at radius 1 is 0.371 bits per heavy atom. The fraction of sp³-hybridized carbons (Fsp3) is 0.719. The van der Waals surface area contributed by atoms with Crippen molar-refractivity contribution in [3.8, 4) is 0 Å². The van der Waals surface area contributed by atoms with Crippen molar-refractivity contribution in [2.24, 2.45) is 0 Å². The molecule has 0 N–H and O–H groups in total. The van der Waals surface area contributed by atoms with Crippen LogP contribution in [0.5, 0.6) is 0 Å². The predicted molar refractivity (Wildman–Crippen MR) is 270 cm³/mol. The summed E-state index contributed by atoms with van der Waals surface area (Å²) in [6.45, 7) is 7.60. The summed E-state index contributed by atoms with van der Waals surface area (Å²) in [5, 5.41) is 0. The van der Waals surface area contributed by atoms with E-state index in [-0.39, 0.29) is 25.2 Å². The van der Waals surface area contributed by atoms with Crippen LogP contribution in [-0.2, 0) is 23.8 Å². The number of esters is 2. The molecule has 0 rings (SSSR count). The quantitative estimate of drug-likeness (QED) is 0.0346. The van der Waals surface area contributed by atoms with Gasteiger partial charge >= 0.3 is 11.9 Å². The number of unbranched alkanes of at least 4 members (excludes halogenated alkanes) is 22. The Bertz CT molecular complexity index is 1160. The minimum Gasteiger partial charge on any atom is -0.462 e. The van der Waals surface area contributed by atoms with E-state index in [1.54, 1.807) is 0 Å². The molecule has 0 spiro atoms. The van der Waals surface area contributed by atoms with Crippen LogP contribution < -0.4 is 0 Å². The summed E-state index contributed by atoms with van der Waals surface area (Å²) in [5.74, 6) is -0.440. The summed E-state index contributed by atoms with van der Waals surface area (Å²) in [4.78, 5) is 25.4. The van der Waals surface area contributed by atoms with Crippen LogP contribution in [0.25, 0.3) is 0 Å². The Kier molecular flexibility index (Phi) is 50.0. The highest BCUT2D eigenvalue weighted by Gasteiger charge is 2.17. The first kappa shape index (κ1) is 59.1. The van der Waals surface area contributed by atoms with E-state index >= 15 is 0 Å². The van der Waals surface area contributed by atoms with Crippen molar-refractivity contribution in [2.75, 3.05) is 19.8 Å². The zero-order valence-electron chi connectivity index (χ0n) is 40.9. The van der Waals surface area contributed by atoms with E-state index in [4.69, 9.17) is 14.2 Å². The monoisotopic (exact) mass is 863 g/mol. The number of rotatable bonds is 47. The number of carbonyl (C=O) groups excluding carboxylic acids is 2. The van der Waals surface area contributed by atoms with Crippen molar-refractivity contribution in [3.63, 3.8) is 0 Å². The SMILES string of the molecule is CC/C=C\C/C=C\C/C=C\C/C=C\CCCCCCC(=O)OCC(COCCCCCCCC/C=C\C/C=C\CCC)OC(=O)CCCCCCC/C=C\CCCCCCCC. The van der Waals surface area contributed by atoms with E-state index in [0.717, 1.165) is 103 Å². The van der Waals surface area contributed by atoms with Crippen molar-refractivity contribution in [1.29, 1.82) is 0 Å². The molecule has 1 unspecified atom stereocenters. The van der Waals surface area contributed by atoms with Gasteiger partial charge in [-0.1, -0.05) is 202 Å². The Labute approximate surface area is 384 Å². The Balaban J connectivity index is 4.35. The van der Waals surface area contributed by atoms with E-state index in [2.05, 4.69) is 106 Å². The van der Waals surface area contributed by atoms with Gasteiger partial charge in [-0.2, -0.15) is 0 Å². The van der Waals surface area contributed by atoms with Gasteiger partial charge in [-0.25, -0.2) is 0 Å². The average molecular weight is 863 g/mol. The fourth-order valence-corrected chi connectivity index (χ4v) is 7.00. The third kappa shape index (κ3) is 49.7. The minimum absolute atomic E-state index is 0.0618. The highest BCUT2D eigenvalue weighted by Crippen LogP contribution is 2.13. The first-order valence-corrected chi connectivity index (χ1v) is 26.1. The van der Waals surface area contributed by atoms with Crippen molar-refractivity contribution in [3.05, 3.63) is 85.1 Å². The Morgan fingerprint density at radius 3 is 1.24 bits per heavy atom. The second-order valence-corrected chi connectivity index (χ2v) is 17.0. The smallest absolute Gasteiger partial charge is 0.306 e. The molecule has 0 aliphatic carbocycles. The Hall–Kier alpha value is -2.92. The van der Waals surface area contributed by atoms with Gasteiger partial charge in [-0.3, -0.25) is 9.59 Å². The largest absolute Gasteiger partial charge is 0.462 e. The first-order valence-electron chi connectivity index (χ1n) is 26.1. The van der Waals surface area contributed by atoms with Crippen LogP contribution in [0.1, 0.15) is 239 Å². The van der Waals surface area contributed by atoms with Crippen LogP contribution in [0.2, 0.25) is 0 Å². The number of ether oxygens (including phenoxy) is 3. The van der Waals surface area contributed by atoms with E-state index < -0.39 is 6.10 Å². The zero-order valence-corrected chi connectivity index (χ0v) is 40.9. The van der Waals surface area contributed by atoms with Gasteiger partial charge in [0.15, 0.2) is 6.10 Å². The van der Waals surface area contributed by atoms with Crippen LogP contribution in [0.3, 0.4) is 0 Å². The van der Waals surface area contributed by atoms with E-state index in [0.29, 0.717) is 19.4 Å². The van der Waals surface area contributed by atoms with Gasteiger partial charge < -0.3 is 14.2 Å².